The van der Waals surface area contributed by atoms with Crippen LogP contribution < -0.4 is 4.74 Å². The maximum atomic E-state index is 14.1. The van der Waals surface area contributed by atoms with Gasteiger partial charge in [-0.05, 0) is 78.0 Å². The predicted octanol–water partition coefficient (Wildman–Crippen LogP) is 7.23. The van der Waals surface area contributed by atoms with E-state index in [0.717, 1.165) is 22.8 Å². The van der Waals surface area contributed by atoms with Gasteiger partial charge in [0.15, 0.2) is 0 Å². The second-order valence-electron chi connectivity index (χ2n) is 10.4. The number of methoxy groups -OCH3 is 1. The van der Waals surface area contributed by atoms with E-state index >= 15 is 0 Å². The van der Waals surface area contributed by atoms with Gasteiger partial charge in [-0.25, -0.2) is 4.39 Å². The second-order valence-corrected chi connectivity index (χ2v) is 10.4. The van der Waals surface area contributed by atoms with Crippen LogP contribution in [0.25, 0.3) is 0 Å². The molecule has 1 heterocycles. The highest BCUT2D eigenvalue weighted by molar-refractivity contribution is 5.71. The van der Waals surface area contributed by atoms with Crippen LogP contribution in [0.2, 0.25) is 0 Å². The molecular formula is C32H30F4N2O4. The number of ether oxygens (including phenoxy) is 2. The third-order valence-electron chi connectivity index (χ3n) is 7.54. The van der Waals surface area contributed by atoms with Crippen LogP contribution in [0.15, 0.2) is 77.5 Å². The molecule has 0 saturated carbocycles. The molecule has 1 aliphatic carbocycles. The molecule has 0 fully saturated rings. The molecule has 0 amide bonds. The third kappa shape index (κ3) is 6.65. The van der Waals surface area contributed by atoms with E-state index in [1.165, 1.54) is 31.6 Å². The minimum atomic E-state index is -4.50. The number of carbonyl (C=O) groups is 1. The van der Waals surface area contributed by atoms with Crippen molar-refractivity contribution >= 4 is 5.97 Å². The minimum absolute atomic E-state index is 0.0825. The molecule has 0 N–H and O–H groups in total. The highest BCUT2D eigenvalue weighted by Gasteiger charge is 2.37. The summed E-state index contributed by atoms with van der Waals surface area (Å²) in [6.45, 7) is 0.458. The van der Waals surface area contributed by atoms with Crippen LogP contribution in [0, 0.1) is 5.82 Å². The summed E-state index contributed by atoms with van der Waals surface area (Å²) in [5.74, 6) is -0.558. The molecule has 0 radical (unpaired) electrons. The van der Waals surface area contributed by atoms with Gasteiger partial charge in [-0.1, -0.05) is 35.5 Å². The lowest BCUT2D eigenvalue weighted by atomic mass is 9.92. The lowest BCUT2D eigenvalue weighted by Crippen LogP contribution is -2.22. The second kappa shape index (κ2) is 12.4. The summed E-state index contributed by atoms with van der Waals surface area (Å²) in [5, 5.41) is 3.98. The molecule has 0 saturated heterocycles. The SMILES string of the molecule is COC(=O)C[C@@H](c1ccc(O[C@@H]2CCc3c2ccc(C(F)(F)F)c3CN(C)Cc2ccc(F)cc2)cc1)c1ccon1. The average Bonchev–Trinajstić information content (AvgIpc) is 3.64. The molecular weight excluding hydrogens is 552 g/mol. The number of aromatic nitrogens is 1. The number of esters is 1. The number of hydrogen-bond acceptors (Lipinski definition) is 6. The Bertz CT molecular complexity index is 1500. The Kier molecular flexibility index (Phi) is 8.63. The highest BCUT2D eigenvalue weighted by atomic mass is 19.4. The van der Waals surface area contributed by atoms with Crippen LogP contribution >= 0.6 is 0 Å². The number of alkyl halides is 3. The van der Waals surface area contributed by atoms with Crippen molar-refractivity contribution in [3.05, 3.63) is 118 Å². The summed E-state index contributed by atoms with van der Waals surface area (Å²) >= 11 is 0. The van der Waals surface area contributed by atoms with Crippen LogP contribution in [-0.4, -0.2) is 30.2 Å². The molecule has 4 aromatic rings. The standard InChI is InChI=1S/C32H30F4N2O4/c1-38(18-20-3-7-22(33)8-4-20)19-27-24-12-14-30(25(24)11-13-28(27)32(34,35)36)42-23-9-5-21(6-10-23)26(17-31(39)40-2)29-15-16-41-37-29/h3-11,13,15-16,26,30H,12,14,17-19H2,1-2H3/t26-,30+/m0/s1. The van der Waals surface area contributed by atoms with E-state index in [9.17, 15) is 22.4 Å². The fourth-order valence-corrected chi connectivity index (χ4v) is 5.52. The van der Waals surface area contributed by atoms with Gasteiger partial charge < -0.3 is 14.0 Å². The maximum absolute atomic E-state index is 14.1. The number of rotatable bonds is 10. The van der Waals surface area contributed by atoms with Crippen LogP contribution in [0.1, 0.15) is 63.9 Å². The molecule has 10 heteroatoms. The van der Waals surface area contributed by atoms with E-state index in [1.807, 2.05) is 12.1 Å². The molecule has 0 bridgehead atoms. The number of hydrogen-bond donors (Lipinski definition) is 0. The molecule has 0 unspecified atom stereocenters. The molecule has 0 aliphatic heterocycles. The summed E-state index contributed by atoms with van der Waals surface area (Å²) in [4.78, 5) is 13.8. The number of nitrogens with zero attached hydrogens (tertiary/aromatic N) is 2. The quantitative estimate of drug-likeness (QED) is 0.145. The lowest BCUT2D eigenvalue weighted by molar-refractivity contribution is -0.141. The average molecular weight is 583 g/mol. The zero-order valence-electron chi connectivity index (χ0n) is 23.2. The molecule has 5 rings (SSSR count). The van der Waals surface area contributed by atoms with Crippen molar-refractivity contribution in [1.29, 1.82) is 0 Å². The lowest BCUT2D eigenvalue weighted by Gasteiger charge is -2.23. The number of carbonyl (C=O) groups excluding carboxylic acids is 1. The van der Waals surface area contributed by atoms with Gasteiger partial charge in [0, 0.05) is 25.1 Å². The van der Waals surface area contributed by atoms with Gasteiger partial charge in [-0.15, -0.1) is 0 Å². The van der Waals surface area contributed by atoms with Crippen molar-refractivity contribution < 1.29 is 36.4 Å². The molecule has 220 valence electrons. The summed E-state index contributed by atoms with van der Waals surface area (Å²) < 4.78 is 71.5. The number of halogens is 4. The molecule has 6 nitrogen and oxygen atoms in total. The number of fused-ring (bicyclic) bond motifs is 1. The van der Waals surface area contributed by atoms with Gasteiger partial charge in [-0.3, -0.25) is 9.69 Å². The van der Waals surface area contributed by atoms with Crippen LogP contribution in [-0.2, 0) is 35.2 Å². The van der Waals surface area contributed by atoms with E-state index < -0.39 is 17.8 Å². The van der Waals surface area contributed by atoms with Gasteiger partial charge in [0.1, 0.15) is 23.9 Å². The molecule has 1 aliphatic rings. The molecule has 42 heavy (non-hydrogen) atoms. The first-order chi connectivity index (χ1) is 20.1. The van der Waals surface area contributed by atoms with Crippen LogP contribution in [0.3, 0.4) is 0 Å². The summed E-state index contributed by atoms with van der Waals surface area (Å²) in [7, 11) is 3.07. The van der Waals surface area contributed by atoms with E-state index in [0.29, 0.717) is 36.4 Å². The first kappa shape index (κ1) is 29.3. The van der Waals surface area contributed by atoms with Crippen molar-refractivity contribution in [2.24, 2.45) is 0 Å². The Hall–Kier alpha value is -4.18. The first-order valence-corrected chi connectivity index (χ1v) is 13.5. The zero-order valence-corrected chi connectivity index (χ0v) is 23.2. The van der Waals surface area contributed by atoms with Gasteiger partial charge >= 0.3 is 12.1 Å². The van der Waals surface area contributed by atoms with E-state index in [1.54, 1.807) is 42.3 Å². The minimum Gasteiger partial charge on any atom is -0.486 e. The van der Waals surface area contributed by atoms with Crippen molar-refractivity contribution in [2.75, 3.05) is 14.2 Å². The van der Waals surface area contributed by atoms with Crippen LogP contribution in [0.5, 0.6) is 5.75 Å². The Morgan fingerprint density at radius 2 is 1.79 bits per heavy atom. The number of benzene rings is 3. The molecule has 1 aromatic heterocycles. The van der Waals surface area contributed by atoms with E-state index in [-0.39, 0.29) is 36.2 Å². The monoisotopic (exact) mass is 582 g/mol. The summed E-state index contributed by atoms with van der Waals surface area (Å²) in [5.41, 5.74) is 3.20. The Labute approximate surface area is 240 Å². The fraction of sp³-hybridized carbons (Fsp3) is 0.312. The summed E-state index contributed by atoms with van der Waals surface area (Å²) in [6.07, 6.45) is -2.39. The Balaban J connectivity index is 1.35. The van der Waals surface area contributed by atoms with Gasteiger partial charge in [0.2, 0.25) is 0 Å². The van der Waals surface area contributed by atoms with Crippen molar-refractivity contribution in [3.8, 4) is 5.75 Å². The molecule has 0 spiro atoms. The van der Waals surface area contributed by atoms with Crippen molar-refractivity contribution in [3.63, 3.8) is 0 Å². The smallest absolute Gasteiger partial charge is 0.416 e. The van der Waals surface area contributed by atoms with Gasteiger partial charge in [-0.2, -0.15) is 13.2 Å². The van der Waals surface area contributed by atoms with Gasteiger partial charge in [0.25, 0.3) is 0 Å². The van der Waals surface area contributed by atoms with Gasteiger partial charge in [0.05, 0.1) is 24.8 Å². The van der Waals surface area contributed by atoms with Crippen molar-refractivity contribution in [1.82, 2.24) is 10.1 Å². The maximum Gasteiger partial charge on any atom is 0.416 e. The highest BCUT2D eigenvalue weighted by Crippen LogP contribution is 2.43. The fourth-order valence-electron chi connectivity index (χ4n) is 5.52. The largest absolute Gasteiger partial charge is 0.486 e. The molecule has 2 atom stereocenters. The molecule has 3 aromatic carbocycles. The first-order valence-electron chi connectivity index (χ1n) is 13.5. The third-order valence-corrected chi connectivity index (χ3v) is 7.54. The predicted molar refractivity (Wildman–Crippen MR) is 146 cm³/mol. The van der Waals surface area contributed by atoms with Crippen molar-refractivity contribution in [2.45, 2.75) is 50.6 Å². The zero-order chi connectivity index (χ0) is 29.9. The normalized spacial score (nSPS) is 15.5. The Morgan fingerprint density at radius 3 is 2.43 bits per heavy atom. The summed E-state index contributed by atoms with van der Waals surface area (Å²) in [6, 6.07) is 17.5. The van der Waals surface area contributed by atoms with E-state index in [4.69, 9.17) is 14.0 Å². The van der Waals surface area contributed by atoms with E-state index in [2.05, 4.69) is 5.16 Å². The Morgan fingerprint density at radius 1 is 1.05 bits per heavy atom. The van der Waals surface area contributed by atoms with Crippen LogP contribution in [0.4, 0.5) is 17.6 Å². The topological polar surface area (TPSA) is 64.8 Å².